The van der Waals surface area contributed by atoms with Crippen molar-refractivity contribution < 1.29 is 28.6 Å². The number of hydrogen-bond acceptors (Lipinski definition) is 7. The quantitative estimate of drug-likeness (QED) is 0.138. The molecule has 3 amide bonds. The number of amides is 3. The van der Waals surface area contributed by atoms with Crippen LogP contribution in [0, 0.1) is 24.6 Å². The van der Waals surface area contributed by atoms with E-state index < -0.39 is 17.6 Å². The lowest BCUT2D eigenvalue weighted by atomic mass is 9.95. The fourth-order valence-corrected chi connectivity index (χ4v) is 7.31. The second-order valence-electron chi connectivity index (χ2n) is 15.9. The normalized spacial score (nSPS) is 15.6. The number of aryl methyl sites for hydroxylation is 1. The van der Waals surface area contributed by atoms with Crippen molar-refractivity contribution in [1.29, 1.82) is 0 Å². The van der Waals surface area contributed by atoms with Crippen LogP contribution < -0.4 is 15.4 Å². The molecular formula is C50H73ClFN5O5. The van der Waals surface area contributed by atoms with Gasteiger partial charge in [-0.15, -0.1) is 0 Å². The molecule has 0 spiro atoms. The molecule has 62 heavy (non-hydrogen) atoms. The molecule has 0 radical (unpaired) electrons. The van der Waals surface area contributed by atoms with Crippen molar-refractivity contribution in [3.8, 4) is 28.3 Å². The molecule has 12 heteroatoms. The maximum absolute atomic E-state index is 15.4. The predicted octanol–water partition coefficient (Wildman–Crippen LogP) is 11.4. The van der Waals surface area contributed by atoms with E-state index in [0.29, 0.717) is 63.4 Å². The van der Waals surface area contributed by atoms with E-state index in [2.05, 4.69) is 51.8 Å². The van der Waals surface area contributed by atoms with Gasteiger partial charge < -0.3 is 25.4 Å². The van der Waals surface area contributed by atoms with Gasteiger partial charge in [0.25, 0.3) is 11.8 Å². The maximum atomic E-state index is 15.4. The van der Waals surface area contributed by atoms with E-state index in [1.165, 1.54) is 41.6 Å². The number of likely N-dealkylation sites (N-methyl/N-ethyl adjacent to an activating group) is 1. The first-order valence-corrected chi connectivity index (χ1v) is 22.7. The van der Waals surface area contributed by atoms with E-state index in [-0.39, 0.29) is 23.0 Å². The van der Waals surface area contributed by atoms with E-state index in [0.717, 1.165) is 50.0 Å². The van der Waals surface area contributed by atoms with Crippen molar-refractivity contribution in [2.75, 3.05) is 33.1 Å². The standard InChI is InChI=1S/C31H30ClFN4O3.C14H29NO.C3H8O.C2H6/c1-16-10-11-19-14-25(35-30(40-6)26(16)19)20-8-7-9-21(28(20)32)27-17(2)24(13-12-23(27)33)34-29(38)22-15-36(4)18(3)37(5)31(22)39;1-6-11(4)9-10-13(8-3)15-14(16)12(5)7-2;1-2-3-4;1-2/h7-9,12-16H,3,10-11H2,1-2,4-6H3,(H,34,38);11-13H,6-10H2,1-5H3,(H,15,16);4H,2-3H2,1H3;1-2H3. The number of methoxy groups -OCH3 is 1. The van der Waals surface area contributed by atoms with E-state index in [9.17, 15) is 14.4 Å². The molecule has 1 aliphatic heterocycles. The molecule has 0 fully saturated rings. The molecule has 10 nitrogen and oxygen atoms in total. The SMILES string of the molecule is C=C1N(C)C=C(C(=O)Nc2ccc(F)c(-c3cccc(-c4cc5c(c(OC)n4)C(C)CC5)c3Cl)c2C)C(=O)N1C.CC.CCC(C)CCC(CC)NC(=O)C(C)CC.CCCO. The Labute approximate surface area is 376 Å². The summed E-state index contributed by atoms with van der Waals surface area (Å²) in [5.74, 6) is 0.946. The molecule has 0 bridgehead atoms. The van der Waals surface area contributed by atoms with Gasteiger partial charge in [-0.2, -0.15) is 0 Å². The lowest BCUT2D eigenvalue weighted by molar-refractivity contribution is -0.128. The molecule has 1 aliphatic carbocycles. The molecular weight excluding hydrogens is 805 g/mol. The van der Waals surface area contributed by atoms with Gasteiger partial charge in [0.15, 0.2) is 0 Å². The minimum absolute atomic E-state index is 0.0614. The van der Waals surface area contributed by atoms with Gasteiger partial charge in [0.2, 0.25) is 11.8 Å². The minimum atomic E-state index is -0.611. The first-order valence-electron chi connectivity index (χ1n) is 22.3. The Morgan fingerprint density at radius 3 is 2.27 bits per heavy atom. The van der Waals surface area contributed by atoms with Crippen molar-refractivity contribution in [3.05, 3.63) is 88.1 Å². The van der Waals surface area contributed by atoms with Gasteiger partial charge in [-0.05, 0) is 93.0 Å². The van der Waals surface area contributed by atoms with Gasteiger partial charge in [-0.3, -0.25) is 19.3 Å². The summed E-state index contributed by atoms with van der Waals surface area (Å²) < 4.78 is 21.0. The molecule has 342 valence electrons. The highest BCUT2D eigenvalue weighted by atomic mass is 35.5. The summed E-state index contributed by atoms with van der Waals surface area (Å²) in [6, 6.07) is 10.5. The molecule has 1 aromatic heterocycles. The Morgan fingerprint density at radius 2 is 1.69 bits per heavy atom. The van der Waals surface area contributed by atoms with Crippen LogP contribution in [-0.4, -0.2) is 71.5 Å². The Bertz CT molecular complexity index is 2020. The molecule has 0 saturated carbocycles. The van der Waals surface area contributed by atoms with E-state index in [1.807, 2.05) is 39.8 Å². The molecule has 2 heterocycles. The summed E-state index contributed by atoms with van der Waals surface area (Å²) in [6.07, 6.45) is 9.79. The smallest absolute Gasteiger partial charge is 0.266 e. The lowest BCUT2D eigenvalue weighted by Gasteiger charge is -2.31. The number of halogens is 2. The summed E-state index contributed by atoms with van der Waals surface area (Å²) in [6.45, 7) is 24.7. The van der Waals surface area contributed by atoms with Crippen LogP contribution in [0.1, 0.15) is 130 Å². The van der Waals surface area contributed by atoms with Crippen LogP contribution in [0.25, 0.3) is 22.4 Å². The van der Waals surface area contributed by atoms with Crippen LogP contribution in [0.5, 0.6) is 5.88 Å². The number of hydrogen-bond donors (Lipinski definition) is 3. The summed E-state index contributed by atoms with van der Waals surface area (Å²) >= 11 is 6.93. The van der Waals surface area contributed by atoms with Crippen LogP contribution in [-0.2, 0) is 20.8 Å². The number of fused-ring (bicyclic) bond motifs is 1. The number of ether oxygens (including phenoxy) is 1. The molecule has 0 saturated heterocycles. The van der Waals surface area contributed by atoms with Crippen molar-refractivity contribution in [2.24, 2.45) is 11.8 Å². The van der Waals surface area contributed by atoms with Crippen molar-refractivity contribution in [2.45, 2.75) is 133 Å². The Morgan fingerprint density at radius 1 is 1.05 bits per heavy atom. The van der Waals surface area contributed by atoms with Crippen molar-refractivity contribution >= 4 is 35.0 Å². The average Bonchev–Trinajstić information content (AvgIpc) is 3.67. The lowest BCUT2D eigenvalue weighted by Crippen LogP contribution is -2.41. The van der Waals surface area contributed by atoms with Crippen LogP contribution in [0.15, 0.2) is 60.6 Å². The fraction of sp³-hybridized carbons (Fsp3) is 0.520. The van der Waals surface area contributed by atoms with Crippen LogP contribution in [0.3, 0.4) is 0 Å². The van der Waals surface area contributed by atoms with E-state index in [1.54, 1.807) is 45.2 Å². The van der Waals surface area contributed by atoms with Gasteiger partial charge >= 0.3 is 0 Å². The number of aliphatic hydroxyl groups excluding tert-OH is 1. The van der Waals surface area contributed by atoms with Crippen LogP contribution >= 0.6 is 11.6 Å². The fourth-order valence-electron chi connectivity index (χ4n) is 6.99. The van der Waals surface area contributed by atoms with Gasteiger partial charge in [-0.25, -0.2) is 9.37 Å². The highest BCUT2D eigenvalue weighted by Gasteiger charge is 2.31. The third kappa shape index (κ3) is 13.6. The number of carbonyl (C=O) groups is 3. The Hall–Kier alpha value is -4.74. The average molecular weight is 879 g/mol. The molecule has 4 unspecified atom stereocenters. The van der Waals surface area contributed by atoms with Crippen molar-refractivity contribution in [3.63, 3.8) is 0 Å². The number of anilines is 1. The highest BCUT2D eigenvalue weighted by molar-refractivity contribution is 6.36. The summed E-state index contributed by atoms with van der Waals surface area (Å²) in [7, 11) is 4.85. The number of nitrogens with zero attached hydrogens (tertiary/aromatic N) is 3. The number of pyridine rings is 1. The third-order valence-corrected chi connectivity index (χ3v) is 12.0. The topological polar surface area (TPSA) is 124 Å². The Balaban J connectivity index is 0.000000503. The molecule has 2 aromatic carbocycles. The third-order valence-electron chi connectivity index (χ3n) is 11.6. The number of aliphatic hydroxyl groups is 1. The van der Waals surface area contributed by atoms with Crippen LogP contribution in [0.2, 0.25) is 5.02 Å². The monoisotopic (exact) mass is 878 g/mol. The highest BCUT2D eigenvalue weighted by Crippen LogP contribution is 2.44. The first-order chi connectivity index (χ1) is 29.5. The number of rotatable bonds is 14. The van der Waals surface area contributed by atoms with Gasteiger partial charge in [0.1, 0.15) is 17.2 Å². The number of benzene rings is 2. The second kappa shape index (κ2) is 26.0. The number of nitrogens with one attached hydrogen (secondary N) is 2. The zero-order valence-corrected chi connectivity index (χ0v) is 40.4. The molecule has 4 atom stereocenters. The number of aromatic nitrogens is 1. The summed E-state index contributed by atoms with van der Waals surface area (Å²) in [4.78, 5) is 45.2. The molecule has 3 aromatic rings. The predicted molar refractivity (Wildman–Crippen MR) is 254 cm³/mol. The second-order valence-corrected chi connectivity index (χ2v) is 16.3. The zero-order chi connectivity index (χ0) is 46.8. The van der Waals surface area contributed by atoms with E-state index >= 15 is 4.39 Å². The summed E-state index contributed by atoms with van der Waals surface area (Å²) in [5, 5.41) is 14.1. The molecule has 3 N–H and O–H groups in total. The van der Waals surface area contributed by atoms with Gasteiger partial charge in [0, 0.05) is 66.8 Å². The van der Waals surface area contributed by atoms with Gasteiger partial charge in [-0.1, -0.05) is 105 Å². The largest absolute Gasteiger partial charge is 0.481 e. The Kier molecular flexibility index (Phi) is 22.4. The first kappa shape index (κ1) is 53.4. The van der Waals surface area contributed by atoms with Gasteiger partial charge in [0.05, 0.1) is 17.8 Å². The van der Waals surface area contributed by atoms with E-state index in [4.69, 9.17) is 26.4 Å². The summed E-state index contributed by atoms with van der Waals surface area (Å²) in [5.41, 5.74) is 5.07. The minimum Gasteiger partial charge on any atom is -0.481 e. The zero-order valence-electron chi connectivity index (χ0n) is 39.6. The molecule has 2 aliphatic rings. The van der Waals surface area contributed by atoms with Crippen molar-refractivity contribution in [1.82, 2.24) is 20.1 Å². The molecule has 5 rings (SSSR count). The number of carbonyl (C=O) groups excluding carboxylic acids is 3. The maximum Gasteiger partial charge on any atom is 0.266 e. The van der Waals surface area contributed by atoms with Crippen LogP contribution in [0.4, 0.5) is 10.1 Å².